The fourth-order valence-corrected chi connectivity index (χ4v) is 2.04. The van der Waals surface area contributed by atoms with Crippen LogP contribution in [-0.4, -0.2) is 32.8 Å². The van der Waals surface area contributed by atoms with E-state index in [1.165, 1.54) is 24.1 Å². The summed E-state index contributed by atoms with van der Waals surface area (Å²) in [5, 5.41) is 3.58. The average Bonchev–Trinajstić information content (AvgIpc) is 3.21. The third-order valence-corrected chi connectivity index (χ3v) is 3.34. The normalized spacial score (nSPS) is 14.8. The van der Waals surface area contributed by atoms with Gasteiger partial charge in [0, 0.05) is 38.5 Å². The van der Waals surface area contributed by atoms with Crippen molar-refractivity contribution in [3.63, 3.8) is 0 Å². The number of para-hydroxylation sites is 1. The highest BCUT2D eigenvalue weighted by atomic mass is 16.5. The molecule has 3 heteroatoms. The molecule has 1 aromatic carbocycles. The maximum Gasteiger partial charge on any atom is 0.0641 e. The molecule has 0 saturated heterocycles. The first-order valence-corrected chi connectivity index (χ1v) is 6.91. The monoisotopic (exact) mass is 248 g/mol. The largest absolute Gasteiger partial charge is 0.380 e. The highest BCUT2D eigenvalue weighted by molar-refractivity contribution is 5.53. The van der Waals surface area contributed by atoms with E-state index in [1.807, 2.05) is 6.92 Å². The van der Waals surface area contributed by atoms with E-state index in [0.717, 1.165) is 32.3 Å². The third-order valence-electron chi connectivity index (χ3n) is 3.34. The quantitative estimate of drug-likeness (QED) is 0.715. The lowest BCUT2D eigenvalue weighted by atomic mass is 10.1. The molecular weight excluding hydrogens is 224 g/mol. The number of likely N-dealkylation sites (N-methyl/N-ethyl adjacent to an activating group) is 1. The van der Waals surface area contributed by atoms with Gasteiger partial charge in [0.25, 0.3) is 0 Å². The Morgan fingerprint density at radius 1 is 1.33 bits per heavy atom. The van der Waals surface area contributed by atoms with Gasteiger partial charge in [-0.15, -0.1) is 0 Å². The van der Waals surface area contributed by atoms with Crippen LogP contribution >= 0.6 is 0 Å². The van der Waals surface area contributed by atoms with Crippen LogP contribution in [0.15, 0.2) is 24.3 Å². The van der Waals surface area contributed by atoms with Gasteiger partial charge in [-0.1, -0.05) is 18.2 Å². The number of hydrogen-bond acceptors (Lipinski definition) is 3. The van der Waals surface area contributed by atoms with Gasteiger partial charge in [-0.2, -0.15) is 0 Å². The van der Waals surface area contributed by atoms with Gasteiger partial charge in [-0.25, -0.2) is 0 Å². The van der Waals surface area contributed by atoms with Crippen molar-refractivity contribution in [1.82, 2.24) is 5.32 Å². The highest BCUT2D eigenvalue weighted by Crippen LogP contribution is 2.22. The van der Waals surface area contributed by atoms with E-state index in [9.17, 15) is 0 Å². The van der Waals surface area contributed by atoms with Crippen LogP contribution in [0, 0.1) is 0 Å². The van der Waals surface area contributed by atoms with Crippen LogP contribution < -0.4 is 10.2 Å². The van der Waals surface area contributed by atoms with Crippen molar-refractivity contribution in [2.45, 2.75) is 32.4 Å². The molecule has 1 aromatic rings. The molecule has 2 rings (SSSR count). The van der Waals surface area contributed by atoms with Gasteiger partial charge in [-0.05, 0) is 31.4 Å². The summed E-state index contributed by atoms with van der Waals surface area (Å²) in [6.07, 6.45) is 2.67. The van der Waals surface area contributed by atoms with Gasteiger partial charge in [0.1, 0.15) is 0 Å². The first kappa shape index (κ1) is 13.4. The van der Waals surface area contributed by atoms with Crippen molar-refractivity contribution < 1.29 is 4.74 Å². The van der Waals surface area contributed by atoms with Crippen molar-refractivity contribution in [2.24, 2.45) is 0 Å². The Hall–Kier alpha value is -1.06. The van der Waals surface area contributed by atoms with Crippen LogP contribution in [0.3, 0.4) is 0 Å². The number of benzene rings is 1. The molecule has 1 saturated carbocycles. The molecule has 3 nitrogen and oxygen atoms in total. The molecule has 1 N–H and O–H groups in total. The van der Waals surface area contributed by atoms with Gasteiger partial charge < -0.3 is 15.0 Å². The standard InChI is InChI=1S/C15H24N2O/c1-3-18-11-10-17(2)15-7-5-4-6-13(15)12-16-14-8-9-14/h4-7,14,16H,3,8-12H2,1-2H3. The van der Waals surface area contributed by atoms with Crippen LogP contribution in [0.1, 0.15) is 25.3 Å². The van der Waals surface area contributed by atoms with Gasteiger partial charge in [-0.3, -0.25) is 0 Å². The minimum atomic E-state index is 0.756. The van der Waals surface area contributed by atoms with Gasteiger partial charge in [0.15, 0.2) is 0 Å². The van der Waals surface area contributed by atoms with Crippen molar-refractivity contribution in [3.8, 4) is 0 Å². The summed E-state index contributed by atoms with van der Waals surface area (Å²) in [5.41, 5.74) is 2.69. The molecule has 0 bridgehead atoms. The molecule has 0 heterocycles. The molecule has 1 fully saturated rings. The lowest BCUT2D eigenvalue weighted by molar-refractivity contribution is 0.154. The maximum atomic E-state index is 5.42. The first-order chi connectivity index (χ1) is 8.81. The summed E-state index contributed by atoms with van der Waals surface area (Å²) in [6.45, 7) is 5.53. The van der Waals surface area contributed by atoms with Gasteiger partial charge >= 0.3 is 0 Å². The van der Waals surface area contributed by atoms with Crippen molar-refractivity contribution >= 4 is 5.69 Å². The molecule has 0 unspecified atom stereocenters. The van der Waals surface area contributed by atoms with E-state index in [-0.39, 0.29) is 0 Å². The highest BCUT2D eigenvalue weighted by Gasteiger charge is 2.20. The molecule has 0 amide bonds. The Labute approximate surface area is 110 Å². The summed E-state index contributed by atoms with van der Waals surface area (Å²) in [7, 11) is 2.13. The first-order valence-electron chi connectivity index (χ1n) is 6.91. The number of hydrogen-bond donors (Lipinski definition) is 1. The maximum absolute atomic E-state index is 5.42. The van der Waals surface area contributed by atoms with E-state index < -0.39 is 0 Å². The zero-order chi connectivity index (χ0) is 12.8. The smallest absolute Gasteiger partial charge is 0.0641 e. The van der Waals surface area contributed by atoms with E-state index >= 15 is 0 Å². The second-order valence-electron chi connectivity index (χ2n) is 4.90. The number of anilines is 1. The lowest BCUT2D eigenvalue weighted by Crippen LogP contribution is -2.25. The van der Waals surface area contributed by atoms with Crippen LogP contribution in [0.4, 0.5) is 5.69 Å². The van der Waals surface area contributed by atoms with E-state index in [2.05, 4.69) is 41.5 Å². The summed E-state index contributed by atoms with van der Waals surface area (Å²) < 4.78 is 5.42. The van der Waals surface area contributed by atoms with Crippen LogP contribution in [-0.2, 0) is 11.3 Å². The number of rotatable bonds is 8. The average molecular weight is 248 g/mol. The summed E-state index contributed by atoms with van der Waals surface area (Å²) >= 11 is 0. The predicted octanol–water partition coefficient (Wildman–Crippen LogP) is 2.41. The van der Waals surface area contributed by atoms with Crippen LogP contribution in [0.25, 0.3) is 0 Å². The Morgan fingerprint density at radius 3 is 2.83 bits per heavy atom. The summed E-state index contributed by atoms with van der Waals surface area (Å²) in [4.78, 5) is 2.28. The molecular formula is C15H24N2O. The Balaban J connectivity index is 1.91. The Morgan fingerprint density at radius 2 is 2.11 bits per heavy atom. The van der Waals surface area contributed by atoms with Gasteiger partial charge in [0.2, 0.25) is 0 Å². The number of nitrogens with zero attached hydrogens (tertiary/aromatic N) is 1. The molecule has 0 aromatic heterocycles. The minimum absolute atomic E-state index is 0.756. The topological polar surface area (TPSA) is 24.5 Å². The molecule has 1 aliphatic rings. The summed E-state index contributed by atoms with van der Waals surface area (Å²) in [6, 6.07) is 9.38. The van der Waals surface area contributed by atoms with Crippen LogP contribution in [0.5, 0.6) is 0 Å². The molecule has 18 heavy (non-hydrogen) atoms. The zero-order valence-electron chi connectivity index (χ0n) is 11.5. The van der Waals surface area contributed by atoms with Gasteiger partial charge in [0.05, 0.1) is 6.61 Å². The Bertz CT molecular complexity index is 363. The lowest BCUT2D eigenvalue weighted by Gasteiger charge is -2.22. The van der Waals surface area contributed by atoms with Crippen molar-refractivity contribution in [2.75, 3.05) is 31.7 Å². The molecule has 0 atom stereocenters. The molecule has 0 aliphatic heterocycles. The van der Waals surface area contributed by atoms with E-state index in [4.69, 9.17) is 4.74 Å². The van der Waals surface area contributed by atoms with E-state index in [1.54, 1.807) is 0 Å². The number of nitrogens with one attached hydrogen (secondary N) is 1. The summed E-state index contributed by atoms with van der Waals surface area (Å²) in [5.74, 6) is 0. The molecule has 100 valence electrons. The van der Waals surface area contributed by atoms with E-state index in [0.29, 0.717) is 0 Å². The van der Waals surface area contributed by atoms with Crippen LogP contribution in [0.2, 0.25) is 0 Å². The fraction of sp³-hybridized carbons (Fsp3) is 0.600. The Kier molecular flexibility index (Phi) is 5.02. The predicted molar refractivity (Wildman–Crippen MR) is 76.1 cm³/mol. The fourth-order valence-electron chi connectivity index (χ4n) is 2.04. The molecule has 0 spiro atoms. The second kappa shape index (κ2) is 6.76. The van der Waals surface area contributed by atoms with Crippen molar-refractivity contribution in [1.29, 1.82) is 0 Å². The number of ether oxygens (including phenoxy) is 1. The molecule has 0 radical (unpaired) electrons. The second-order valence-corrected chi connectivity index (χ2v) is 4.90. The minimum Gasteiger partial charge on any atom is -0.380 e. The molecule has 1 aliphatic carbocycles. The zero-order valence-corrected chi connectivity index (χ0v) is 11.5. The van der Waals surface area contributed by atoms with Crippen molar-refractivity contribution in [3.05, 3.63) is 29.8 Å². The third kappa shape index (κ3) is 4.00. The SMILES string of the molecule is CCOCCN(C)c1ccccc1CNC1CC1.